The average molecular weight is 519 g/mol. The normalized spacial score (nSPS) is 18.2. The Morgan fingerprint density at radius 2 is 1.79 bits per heavy atom. The molecule has 0 N–H and O–H groups in total. The number of rotatable bonds is 1. The van der Waals surface area contributed by atoms with E-state index >= 15 is 8.63 Å². The van der Waals surface area contributed by atoms with Crippen LogP contribution in [0.15, 0.2) is 57.3 Å². The van der Waals surface area contributed by atoms with Crippen LogP contribution in [0.4, 0.5) is 8.63 Å². The Hall–Kier alpha value is -0.985. The molecule has 2 aliphatic rings. The minimum atomic E-state index is -3.98. The third-order valence-corrected chi connectivity index (χ3v) is 6.68. The first kappa shape index (κ1) is 16.5. The highest BCUT2D eigenvalue weighted by Gasteiger charge is 2.54. The lowest BCUT2D eigenvalue weighted by Crippen LogP contribution is -2.50. The molecule has 0 spiro atoms. The van der Waals surface area contributed by atoms with Gasteiger partial charge < -0.3 is 17.6 Å². The number of aromatic nitrogens is 1. The third kappa shape index (κ3) is 2.12. The summed E-state index contributed by atoms with van der Waals surface area (Å²) in [4.78, 5) is 0. The molecular formula is C16H10BBr3F2N2. The summed E-state index contributed by atoms with van der Waals surface area (Å²) in [6.45, 7) is -2.00. The Balaban J connectivity index is 2.15. The highest BCUT2D eigenvalue weighted by Crippen LogP contribution is 2.43. The molecule has 0 aliphatic carbocycles. The lowest BCUT2D eigenvalue weighted by atomic mass is 9.86. The van der Waals surface area contributed by atoms with Crippen LogP contribution in [-0.2, 0) is 0 Å². The van der Waals surface area contributed by atoms with Crippen LogP contribution in [0.3, 0.4) is 0 Å². The van der Waals surface area contributed by atoms with Gasteiger partial charge in [-0.2, -0.15) is 0 Å². The van der Waals surface area contributed by atoms with Crippen molar-refractivity contribution in [1.29, 1.82) is 0 Å². The molecule has 2 aliphatic heterocycles. The molecular weight excluding hydrogens is 509 g/mol. The lowest BCUT2D eigenvalue weighted by molar-refractivity contribution is -0.358. The zero-order valence-corrected chi connectivity index (χ0v) is 17.2. The van der Waals surface area contributed by atoms with E-state index in [0.29, 0.717) is 20.6 Å². The first-order valence-corrected chi connectivity index (χ1v) is 9.61. The van der Waals surface area contributed by atoms with Crippen LogP contribution in [0, 0.1) is 6.92 Å². The molecule has 1 aromatic heterocycles. The largest absolute Gasteiger partial charge is 0.738 e. The standard InChI is InChI=1S/C16H10BBr3F2N2/c1-9-3-2-4-10(16(9)20)15-11-5-7-13(18)23(11)17(21,22)24-12(15)6-8-14(24)19/h2-8H,1H3. The summed E-state index contributed by atoms with van der Waals surface area (Å²) in [6, 6.07) is 9.26. The molecule has 0 saturated carbocycles. The number of nitrogens with zero attached hydrogens (tertiary/aromatic N) is 2. The minimum absolute atomic E-state index is 0.357. The van der Waals surface area contributed by atoms with Gasteiger partial charge in [0.05, 0.1) is 10.2 Å². The quantitative estimate of drug-likeness (QED) is 0.429. The molecule has 122 valence electrons. The van der Waals surface area contributed by atoms with E-state index in [0.717, 1.165) is 30.1 Å². The lowest BCUT2D eigenvalue weighted by Gasteiger charge is -2.32. The van der Waals surface area contributed by atoms with Crippen molar-refractivity contribution in [3.63, 3.8) is 0 Å². The molecule has 8 heteroatoms. The molecule has 0 atom stereocenters. The van der Waals surface area contributed by atoms with Gasteiger partial charge in [0.15, 0.2) is 5.70 Å². The number of halogens is 5. The molecule has 2 nitrogen and oxygen atoms in total. The SMILES string of the molecule is Cc1cccc(C2=C3C=CC(Br)=[N+]3[B-](F)(F)n3c(Br)ccc32)c1Br. The minimum Gasteiger partial charge on any atom is -0.389 e. The molecule has 0 bridgehead atoms. The average Bonchev–Trinajstić information content (AvgIpc) is 3.09. The fraction of sp³-hybridized carbons (Fsp3) is 0.0625. The van der Waals surface area contributed by atoms with Crippen LogP contribution < -0.4 is 0 Å². The van der Waals surface area contributed by atoms with Crippen molar-refractivity contribution in [3.8, 4) is 0 Å². The van der Waals surface area contributed by atoms with Crippen LogP contribution in [0.25, 0.3) is 5.57 Å². The Bertz CT molecular complexity index is 989. The Kier molecular flexibility index (Phi) is 3.78. The van der Waals surface area contributed by atoms with Crippen LogP contribution in [0.1, 0.15) is 16.8 Å². The van der Waals surface area contributed by atoms with E-state index in [1.165, 1.54) is 0 Å². The summed E-state index contributed by atoms with van der Waals surface area (Å²) < 4.78 is 34.1. The predicted molar refractivity (Wildman–Crippen MR) is 104 cm³/mol. The first-order chi connectivity index (χ1) is 11.3. The van der Waals surface area contributed by atoms with E-state index in [1.807, 2.05) is 25.1 Å². The van der Waals surface area contributed by atoms with Crippen LogP contribution >= 0.6 is 47.8 Å². The highest BCUT2D eigenvalue weighted by atomic mass is 79.9. The van der Waals surface area contributed by atoms with Crippen molar-refractivity contribution in [2.45, 2.75) is 6.92 Å². The maximum absolute atomic E-state index is 15.2. The Labute approximate surface area is 163 Å². The fourth-order valence-electron chi connectivity index (χ4n) is 3.25. The Morgan fingerprint density at radius 1 is 1.04 bits per heavy atom. The van der Waals surface area contributed by atoms with Crippen LogP contribution in [0.5, 0.6) is 0 Å². The second-order valence-electron chi connectivity index (χ2n) is 5.72. The predicted octanol–water partition coefficient (Wildman–Crippen LogP) is 5.69. The molecule has 1 aromatic carbocycles. The highest BCUT2D eigenvalue weighted by molar-refractivity contribution is 9.18. The van der Waals surface area contributed by atoms with E-state index in [4.69, 9.17) is 0 Å². The van der Waals surface area contributed by atoms with Crippen molar-refractivity contribution in [2.24, 2.45) is 0 Å². The second-order valence-corrected chi connectivity index (χ2v) is 8.14. The van der Waals surface area contributed by atoms with Gasteiger partial charge in [-0.25, -0.2) is 0 Å². The third-order valence-electron chi connectivity index (χ3n) is 4.33. The maximum Gasteiger partial charge on any atom is 0.738 e. The summed E-state index contributed by atoms with van der Waals surface area (Å²) in [7, 11) is 0. The summed E-state index contributed by atoms with van der Waals surface area (Å²) in [6.07, 6.45) is 3.39. The molecule has 3 heterocycles. The van der Waals surface area contributed by atoms with Crippen molar-refractivity contribution >= 4 is 65.0 Å². The van der Waals surface area contributed by atoms with E-state index < -0.39 is 6.97 Å². The molecule has 0 unspecified atom stereocenters. The summed E-state index contributed by atoms with van der Waals surface area (Å²) in [5.74, 6) is 0. The second kappa shape index (κ2) is 5.51. The van der Waals surface area contributed by atoms with Gasteiger partial charge in [0.2, 0.25) is 4.62 Å². The molecule has 0 amide bonds. The van der Waals surface area contributed by atoms with Crippen LogP contribution in [0.2, 0.25) is 0 Å². The molecule has 0 radical (unpaired) electrons. The van der Waals surface area contributed by atoms with Gasteiger partial charge in [0.1, 0.15) is 0 Å². The first-order valence-electron chi connectivity index (χ1n) is 7.23. The number of fused-ring (bicyclic) bond motifs is 2. The topological polar surface area (TPSA) is 7.94 Å². The van der Waals surface area contributed by atoms with Gasteiger partial charge in [-0.1, -0.05) is 18.2 Å². The monoisotopic (exact) mass is 516 g/mol. The van der Waals surface area contributed by atoms with Gasteiger partial charge in [-0.05, 0) is 56.5 Å². The zero-order valence-electron chi connectivity index (χ0n) is 12.4. The van der Waals surface area contributed by atoms with Gasteiger partial charge in [0, 0.05) is 43.8 Å². The molecule has 2 aromatic rings. The van der Waals surface area contributed by atoms with Gasteiger partial charge in [-0.15, -0.1) is 0 Å². The van der Waals surface area contributed by atoms with E-state index in [9.17, 15) is 0 Å². The fourth-order valence-corrected chi connectivity index (χ4v) is 4.85. The summed E-state index contributed by atoms with van der Waals surface area (Å²) >= 11 is 10.2. The maximum atomic E-state index is 15.2. The molecule has 0 saturated heterocycles. The van der Waals surface area contributed by atoms with Gasteiger partial charge in [-0.3, -0.25) is 0 Å². The number of aryl methyl sites for hydroxylation is 1. The number of hydrogen-bond donors (Lipinski definition) is 0. The summed E-state index contributed by atoms with van der Waals surface area (Å²) in [5, 5.41) is 0. The number of allylic oxidation sites excluding steroid dienone is 2. The molecule has 24 heavy (non-hydrogen) atoms. The van der Waals surface area contributed by atoms with Crippen LogP contribution in [-0.4, -0.2) is 20.6 Å². The summed E-state index contributed by atoms with van der Waals surface area (Å²) in [5.41, 5.74) is 3.71. The van der Waals surface area contributed by atoms with E-state index in [1.54, 1.807) is 24.3 Å². The van der Waals surface area contributed by atoms with Crippen molar-refractivity contribution in [1.82, 2.24) is 4.48 Å². The van der Waals surface area contributed by atoms with Crippen molar-refractivity contribution in [2.75, 3.05) is 0 Å². The zero-order chi connectivity index (χ0) is 17.2. The van der Waals surface area contributed by atoms with Crippen molar-refractivity contribution < 1.29 is 13.1 Å². The van der Waals surface area contributed by atoms with E-state index in [2.05, 4.69) is 47.8 Å². The van der Waals surface area contributed by atoms with E-state index in [-0.39, 0.29) is 0 Å². The Morgan fingerprint density at radius 3 is 2.54 bits per heavy atom. The smallest absolute Gasteiger partial charge is 0.389 e. The number of hydrogen-bond acceptors (Lipinski definition) is 0. The molecule has 4 rings (SSSR count). The molecule has 0 fully saturated rings. The van der Waals surface area contributed by atoms with Gasteiger partial charge >= 0.3 is 6.97 Å². The number of benzene rings is 1. The van der Waals surface area contributed by atoms with Crippen molar-refractivity contribution in [3.05, 3.63) is 74.1 Å². The van der Waals surface area contributed by atoms with Gasteiger partial charge in [0.25, 0.3) is 0 Å².